The van der Waals surface area contributed by atoms with Crippen LogP contribution >= 0.6 is 34.9 Å². The molecule has 1 aliphatic rings. The normalized spacial score (nSPS) is 14.7. The molecule has 28 heavy (non-hydrogen) atoms. The van der Waals surface area contributed by atoms with Crippen molar-refractivity contribution in [2.75, 3.05) is 43.1 Å². The molecule has 2 heterocycles. The highest BCUT2D eigenvalue weighted by Crippen LogP contribution is 2.28. The molecule has 3 N–H and O–H groups in total. The van der Waals surface area contributed by atoms with Gasteiger partial charge in [0.1, 0.15) is 0 Å². The smallest absolute Gasteiger partial charge is 0.234 e. The Labute approximate surface area is 175 Å². The fraction of sp³-hybridized carbons (Fsp3) is 0.412. The fourth-order valence-corrected chi connectivity index (χ4v) is 5.04. The molecule has 2 aromatic rings. The molecule has 0 unspecified atom stereocenters. The number of aromatic nitrogens is 2. The van der Waals surface area contributed by atoms with Crippen LogP contribution in [0.15, 0.2) is 32.9 Å². The number of anilines is 1. The number of thioether (sulfide) groups is 2. The van der Waals surface area contributed by atoms with Gasteiger partial charge in [-0.3, -0.25) is 14.5 Å². The number of nitrogens with zero attached hydrogens (tertiary/aromatic N) is 3. The van der Waals surface area contributed by atoms with Crippen LogP contribution in [0.4, 0.5) is 5.69 Å². The predicted octanol–water partition coefficient (Wildman–Crippen LogP) is 1.68. The number of carbonyl (C=O) groups excluding carboxylic acids is 2. The third kappa shape index (κ3) is 7.06. The van der Waals surface area contributed by atoms with Crippen LogP contribution in [0.3, 0.4) is 0 Å². The maximum atomic E-state index is 12.1. The van der Waals surface area contributed by atoms with E-state index in [9.17, 15) is 9.59 Å². The zero-order valence-corrected chi connectivity index (χ0v) is 17.6. The van der Waals surface area contributed by atoms with E-state index in [0.29, 0.717) is 8.68 Å². The zero-order chi connectivity index (χ0) is 19.8. The van der Waals surface area contributed by atoms with Crippen molar-refractivity contribution in [1.29, 1.82) is 0 Å². The summed E-state index contributed by atoms with van der Waals surface area (Å²) in [4.78, 5) is 25.3. The molecule has 11 heteroatoms. The number of hydrogen-bond acceptors (Lipinski definition) is 9. The number of rotatable bonds is 9. The molecule has 8 nitrogen and oxygen atoms in total. The molecule has 3 rings (SSSR count). The Morgan fingerprint density at radius 2 is 1.75 bits per heavy atom. The summed E-state index contributed by atoms with van der Waals surface area (Å²) >= 11 is 3.90. The van der Waals surface area contributed by atoms with Crippen LogP contribution < -0.4 is 11.1 Å². The van der Waals surface area contributed by atoms with E-state index in [4.69, 9.17) is 10.5 Å². The quantitative estimate of drug-likeness (QED) is 0.568. The molecule has 0 radical (unpaired) electrons. The summed E-state index contributed by atoms with van der Waals surface area (Å²) in [5, 5.41) is 10.9. The summed E-state index contributed by atoms with van der Waals surface area (Å²) in [6.45, 7) is 4.35. The molecule has 150 valence electrons. The molecule has 1 aromatic carbocycles. The third-order valence-electron chi connectivity index (χ3n) is 3.80. The molecule has 1 aliphatic heterocycles. The lowest BCUT2D eigenvalue weighted by atomic mass is 10.2. The standard InChI is InChI=1S/C17H21N5O3S3/c18-14(23)10-26-16-20-21-17(28-16)27-11-15(24)19-13-3-1-12(2-4-13)9-22-5-7-25-8-6-22/h1-4H,5-11H2,(H2,18,23)(H,19,24). The average Bonchev–Trinajstić information content (AvgIpc) is 3.15. The molecule has 0 atom stereocenters. The number of nitrogens with two attached hydrogens (primary N) is 1. The van der Waals surface area contributed by atoms with Crippen molar-refractivity contribution in [2.45, 2.75) is 15.2 Å². The van der Waals surface area contributed by atoms with Crippen molar-refractivity contribution < 1.29 is 14.3 Å². The number of ether oxygens (including phenoxy) is 1. The highest BCUT2D eigenvalue weighted by atomic mass is 32.2. The Balaban J connectivity index is 1.41. The number of hydrogen-bond donors (Lipinski definition) is 2. The highest BCUT2D eigenvalue weighted by molar-refractivity contribution is 8.03. The van der Waals surface area contributed by atoms with Gasteiger partial charge < -0.3 is 15.8 Å². The minimum Gasteiger partial charge on any atom is -0.379 e. The van der Waals surface area contributed by atoms with Gasteiger partial charge >= 0.3 is 0 Å². The number of morpholine rings is 1. The summed E-state index contributed by atoms with van der Waals surface area (Å²) in [6.07, 6.45) is 0. The van der Waals surface area contributed by atoms with E-state index >= 15 is 0 Å². The van der Waals surface area contributed by atoms with Crippen molar-refractivity contribution >= 4 is 52.4 Å². The van der Waals surface area contributed by atoms with Crippen LogP contribution in [0, 0.1) is 0 Å². The molecule has 2 amide bonds. The van der Waals surface area contributed by atoms with Gasteiger partial charge in [0.25, 0.3) is 0 Å². The first-order valence-corrected chi connectivity index (χ1v) is 11.4. The predicted molar refractivity (Wildman–Crippen MR) is 112 cm³/mol. The highest BCUT2D eigenvalue weighted by Gasteiger charge is 2.12. The summed E-state index contributed by atoms with van der Waals surface area (Å²) < 4.78 is 6.71. The van der Waals surface area contributed by atoms with Gasteiger partial charge in [0.05, 0.1) is 24.7 Å². The lowest BCUT2D eigenvalue weighted by Crippen LogP contribution is -2.35. The van der Waals surface area contributed by atoms with Gasteiger partial charge in [-0.15, -0.1) is 10.2 Å². The van der Waals surface area contributed by atoms with Crippen LogP contribution in [-0.2, 0) is 20.9 Å². The van der Waals surface area contributed by atoms with E-state index < -0.39 is 5.91 Å². The van der Waals surface area contributed by atoms with Crippen LogP contribution in [0.5, 0.6) is 0 Å². The molecule has 0 saturated carbocycles. The van der Waals surface area contributed by atoms with Crippen LogP contribution in [0.2, 0.25) is 0 Å². The van der Waals surface area contributed by atoms with Gasteiger partial charge in [-0.25, -0.2) is 0 Å². The average molecular weight is 440 g/mol. The minimum atomic E-state index is -0.398. The second-order valence-corrected chi connectivity index (χ2v) is 9.43. The minimum absolute atomic E-state index is 0.104. The first kappa shape index (κ1) is 21.1. The van der Waals surface area contributed by atoms with Crippen LogP contribution in [0.1, 0.15) is 5.56 Å². The maximum absolute atomic E-state index is 12.1. The van der Waals surface area contributed by atoms with E-state index in [1.54, 1.807) is 0 Å². The largest absolute Gasteiger partial charge is 0.379 e. The number of carbonyl (C=O) groups is 2. The van der Waals surface area contributed by atoms with Crippen LogP contribution in [-0.4, -0.2) is 64.7 Å². The monoisotopic (exact) mass is 439 g/mol. The van der Waals surface area contributed by atoms with Crippen LogP contribution in [0.25, 0.3) is 0 Å². The third-order valence-corrected chi connectivity index (χ3v) is 7.01. The number of nitrogens with one attached hydrogen (secondary N) is 1. The fourth-order valence-electron chi connectivity index (χ4n) is 2.48. The lowest BCUT2D eigenvalue weighted by molar-refractivity contribution is -0.115. The number of primary amides is 1. The van der Waals surface area contributed by atoms with Crippen molar-refractivity contribution in [3.05, 3.63) is 29.8 Å². The van der Waals surface area contributed by atoms with E-state index in [2.05, 4.69) is 20.4 Å². The first-order valence-electron chi connectivity index (χ1n) is 8.65. The van der Waals surface area contributed by atoms with E-state index in [1.165, 1.54) is 40.4 Å². The Kier molecular flexibility index (Phi) is 8.10. The summed E-state index contributed by atoms with van der Waals surface area (Å²) in [6, 6.07) is 7.90. The van der Waals surface area contributed by atoms with Crippen molar-refractivity contribution in [2.24, 2.45) is 5.73 Å². The Morgan fingerprint density at radius 1 is 1.11 bits per heavy atom. The molecule has 0 aliphatic carbocycles. The number of amides is 2. The summed E-state index contributed by atoms with van der Waals surface area (Å²) in [5.74, 6) is -0.0939. The SMILES string of the molecule is NC(=O)CSc1nnc(SCC(=O)Nc2ccc(CN3CCOCC3)cc2)s1. The molecule has 1 aromatic heterocycles. The van der Waals surface area contributed by atoms with Crippen molar-refractivity contribution in [3.63, 3.8) is 0 Å². The van der Waals surface area contributed by atoms with Crippen molar-refractivity contribution in [3.8, 4) is 0 Å². The summed E-state index contributed by atoms with van der Waals surface area (Å²) in [5.41, 5.74) is 7.09. The Morgan fingerprint density at radius 3 is 2.39 bits per heavy atom. The molecule has 1 fully saturated rings. The molecule has 0 spiro atoms. The van der Waals surface area contributed by atoms with Gasteiger partial charge in [-0.1, -0.05) is 47.0 Å². The summed E-state index contributed by atoms with van der Waals surface area (Å²) in [7, 11) is 0. The van der Waals surface area contributed by atoms with Gasteiger partial charge in [0.2, 0.25) is 11.8 Å². The van der Waals surface area contributed by atoms with E-state index in [0.717, 1.165) is 38.5 Å². The first-order chi connectivity index (χ1) is 13.6. The van der Waals surface area contributed by atoms with E-state index in [-0.39, 0.29) is 17.4 Å². The molecular weight excluding hydrogens is 418 g/mol. The lowest BCUT2D eigenvalue weighted by Gasteiger charge is -2.26. The second kappa shape index (κ2) is 10.8. The topological polar surface area (TPSA) is 110 Å². The molecule has 1 saturated heterocycles. The zero-order valence-electron chi connectivity index (χ0n) is 15.1. The van der Waals surface area contributed by atoms with Gasteiger partial charge in [-0.05, 0) is 17.7 Å². The van der Waals surface area contributed by atoms with Gasteiger partial charge in [-0.2, -0.15) is 0 Å². The number of benzene rings is 1. The maximum Gasteiger partial charge on any atom is 0.234 e. The van der Waals surface area contributed by atoms with Gasteiger partial charge in [0, 0.05) is 25.3 Å². The Hall–Kier alpha value is -1.66. The Bertz CT molecular complexity index is 794. The van der Waals surface area contributed by atoms with E-state index in [1.807, 2.05) is 24.3 Å². The second-order valence-electron chi connectivity index (χ2n) is 6.01. The molecular formula is C17H21N5O3S3. The molecule has 0 bridgehead atoms. The van der Waals surface area contributed by atoms with Crippen molar-refractivity contribution in [1.82, 2.24) is 15.1 Å². The van der Waals surface area contributed by atoms with Gasteiger partial charge in [0.15, 0.2) is 8.68 Å².